The number of benzene rings is 2. The Kier molecular flexibility index (Phi) is 3.20. The minimum absolute atomic E-state index is 0.215. The lowest BCUT2D eigenvalue weighted by Gasteiger charge is -2.21. The summed E-state index contributed by atoms with van der Waals surface area (Å²) >= 11 is 0. The molecule has 112 valence electrons. The predicted molar refractivity (Wildman–Crippen MR) is 84.6 cm³/mol. The molecule has 0 saturated carbocycles. The van der Waals surface area contributed by atoms with Crippen molar-refractivity contribution in [3.8, 4) is 11.4 Å². The van der Waals surface area contributed by atoms with Gasteiger partial charge in [-0.1, -0.05) is 50.3 Å². The van der Waals surface area contributed by atoms with Crippen LogP contribution in [0.1, 0.15) is 37.0 Å². The molecule has 0 unspecified atom stereocenters. The molecule has 0 amide bonds. The van der Waals surface area contributed by atoms with Crippen molar-refractivity contribution in [3.05, 3.63) is 47.8 Å². The first-order valence-electron chi connectivity index (χ1n) is 7.06. The van der Waals surface area contributed by atoms with E-state index < -0.39 is 0 Å². The molecule has 0 saturated heterocycles. The van der Waals surface area contributed by atoms with Gasteiger partial charge in [0.25, 0.3) is 0 Å². The molecule has 0 aliphatic carbocycles. The number of fused-ring (bicyclic) bond motifs is 1. The quantitative estimate of drug-likeness (QED) is 0.737. The SMILES string of the molecule is CC(C)(C)c1c(C=O)nnn1-c1cccc2c(O)cccc12. The lowest BCUT2D eigenvalue weighted by atomic mass is 9.90. The summed E-state index contributed by atoms with van der Waals surface area (Å²) < 4.78 is 1.69. The van der Waals surface area contributed by atoms with Crippen LogP contribution in [0.3, 0.4) is 0 Å². The minimum atomic E-state index is -0.293. The molecule has 3 rings (SSSR count). The number of nitrogens with zero attached hydrogens (tertiary/aromatic N) is 3. The fourth-order valence-corrected chi connectivity index (χ4v) is 2.70. The van der Waals surface area contributed by atoms with E-state index in [9.17, 15) is 9.90 Å². The summed E-state index contributed by atoms with van der Waals surface area (Å²) in [4.78, 5) is 11.3. The number of phenolic OH excluding ortho intramolecular Hbond substituents is 1. The highest BCUT2D eigenvalue weighted by Crippen LogP contribution is 2.32. The zero-order valence-corrected chi connectivity index (χ0v) is 12.7. The third kappa shape index (κ3) is 2.15. The minimum Gasteiger partial charge on any atom is -0.507 e. The van der Waals surface area contributed by atoms with Gasteiger partial charge in [-0.25, -0.2) is 4.68 Å². The van der Waals surface area contributed by atoms with E-state index >= 15 is 0 Å². The fraction of sp³-hybridized carbons (Fsp3) is 0.235. The van der Waals surface area contributed by atoms with E-state index in [1.807, 2.05) is 45.0 Å². The Hall–Kier alpha value is -2.69. The third-order valence-corrected chi connectivity index (χ3v) is 3.62. The van der Waals surface area contributed by atoms with Gasteiger partial charge in [0.1, 0.15) is 11.4 Å². The Balaban J connectivity index is 2.36. The van der Waals surface area contributed by atoms with Crippen molar-refractivity contribution < 1.29 is 9.90 Å². The number of aldehydes is 1. The van der Waals surface area contributed by atoms with Crippen molar-refractivity contribution in [1.82, 2.24) is 15.0 Å². The van der Waals surface area contributed by atoms with E-state index in [0.717, 1.165) is 28.4 Å². The van der Waals surface area contributed by atoms with Crippen molar-refractivity contribution in [2.24, 2.45) is 0 Å². The fourth-order valence-electron chi connectivity index (χ4n) is 2.70. The second kappa shape index (κ2) is 4.94. The largest absolute Gasteiger partial charge is 0.507 e. The van der Waals surface area contributed by atoms with E-state index in [1.165, 1.54) is 0 Å². The Morgan fingerprint density at radius 2 is 1.77 bits per heavy atom. The van der Waals surface area contributed by atoms with Gasteiger partial charge in [-0.15, -0.1) is 5.10 Å². The highest BCUT2D eigenvalue weighted by molar-refractivity contribution is 5.94. The lowest BCUT2D eigenvalue weighted by Crippen LogP contribution is -2.19. The average molecular weight is 295 g/mol. The topological polar surface area (TPSA) is 68.0 Å². The van der Waals surface area contributed by atoms with Crippen LogP contribution in [-0.4, -0.2) is 26.4 Å². The van der Waals surface area contributed by atoms with E-state index in [4.69, 9.17) is 0 Å². The van der Waals surface area contributed by atoms with Crippen LogP contribution in [-0.2, 0) is 5.41 Å². The van der Waals surface area contributed by atoms with E-state index in [0.29, 0.717) is 5.69 Å². The zero-order chi connectivity index (χ0) is 15.9. The third-order valence-electron chi connectivity index (χ3n) is 3.62. The summed E-state index contributed by atoms with van der Waals surface area (Å²) in [6, 6.07) is 11.0. The van der Waals surface area contributed by atoms with E-state index in [-0.39, 0.29) is 11.2 Å². The summed E-state index contributed by atoms with van der Waals surface area (Å²) in [5.74, 6) is 0.215. The second-order valence-electron chi connectivity index (χ2n) is 6.25. The molecule has 0 aliphatic heterocycles. The summed E-state index contributed by atoms with van der Waals surface area (Å²) in [5.41, 5.74) is 1.58. The average Bonchev–Trinajstić information content (AvgIpc) is 2.91. The number of phenols is 1. The molecule has 5 nitrogen and oxygen atoms in total. The van der Waals surface area contributed by atoms with Gasteiger partial charge in [-0.3, -0.25) is 4.79 Å². The maximum atomic E-state index is 11.3. The van der Waals surface area contributed by atoms with Crippen LogP contribution in [0.4, 0.5) is 0 Å². The van der Waals surface area contributed by atoms with Crippen LogP contribution in [0.5, 0.6) is 5.75 Å². The van der Waals surface area contributed by atoms with Gasteiger partial charge in [0, 0.05) is 16.2 Å². The number of aromatic nitrogens is 3. The first kappa shape index (κ1) is 14.3. The summed E-state index contributed by atoms with van der Waals surface area (Å²) in [5, 5.41) is 19.8. The van der Waals surface area contributed by atoms with Gasteiger partial charge in [0.2, 0.25) is 0 Å². The molecule has 3 aromatic rings. The van der Waals surface area contributed by atoms with Gasteiger partial charge in [-0.05, 0) is 12.1 Å². The molecule has 0 fully saturated rings. The predicted octanol–water partition coefficient (Wildman–Crippen LogP) is 3.24. The maximum Gasteiger partial charge on any atom is 0.172 e. The van der Waals surface area contributed by atoms with Crippen LogP contribution in [0.15, 0.2) is 36.4 Å². The van der Waals surface area contributed by atoms with Crippen molar-refractivity contribution in [3.63, 3.8) is 0 Å². The van der Waals surface area contributed by atoms with Crippen molar-refractivity contribution in [1.29, 1.82) is 0 Å². The Labute approximate surface area is 128 Å². The molecular formula is C17H17N3O2. The number of carbonyl (C=O) groups is 1. The first-order chi connectivity index (χ1) is 10.4. The van der Waals surface area contributed by atoms with Crippen LogP contribution in [0.2, 0.25) is 0 Å². The molecule has 1 heterocycles. The van der Waals surface area contributed by atoms with E-state index in [2.05, 4.69) is 10.3 Å². The van der Waals surface area contributed by atoms with Gasteiger partial charge >= 0.3 is 0 Å². The van der Waals surface area contributed by atoms with Crippen molar-refractivity contribution in [2.75, 3.05) is 0 Å². The normalized spacial score (nSPS) is 11.8. The van der Waals surface area contributed by atoms with Gasteiger partial charge in [0.15, 0.2) is 6.29 Å². The zero-order valence-electron chi connectivity index (χ0n) is 12.7. The van der Waals surface area contributed by atoms with Crippen LogP contribution >= 0.6 is 0 Å². The summed E-state index contributed by atoms with van der Waals surface area (Å²) in [7, 11) is 0. The number of hydrogen-bond acceptors (Lipinski definition) is 4. The molecule has 0 bridgehead atoms. The molecule has 5 heteroatoms. The number of rotatable bonds is 2. The second-order valence-corrected chi connectivity index (χ2v) is 6.25. The summed E-state index contributed by atoms with van der Waals surface area (Å²) in [6.45, 7) is 6.04. The number of aromatic hydroxyl groups is 1. The molecule has 0 atom stereocenters. The molecule has 0 spiro atoms. The smallest absolute Gasteiger partial charge is 0.172 e. The number of hydrogen-bond donors (Lipinski definition) is 1. The standard InChI is InChI=1S/C17H17N3O2/c1-17(2,3)16-13(10-21)18-19-20(16)14-8-4-7-12-11(14)6-5-9-15(12)22/h4-10,22H,1-3H3. The molecular weight excluding hydrogens is 278 g/mol. The van der Waals surface area contributed by atoms with Crippen molar-refractivity contribution >= 4 is 17.1 Å². The Morgan fingerprint density at radius 3 is 2.45 bits per heavy atom. The van der Waals surface area contributed by atoms with Crippen LogP contribution in [0.25, 0.3) is 16.5 Å². The molecule has 1 N–H and O–H groups in total. The van der Waals surface area contributed by atoms with E-state index in [1.54, 1.807) is 16.8 Å². The molecule has 0 aliphatic rings. The van der Waals surface area contributed by atoms with Gasteiger partial charge in [0.05, 0.1) is 11.4 Å². The maximum absolute atomic E-state index is 11.3. The Bertz CT molecular complexity index is 860. The summed E-state index contributed by atoms with van der Waals surface area (Å²) in [6.07, 6.45) is 0.729. The lowest BCUT2D eigenvalue weighted by molar-refractivity contribution is 0.111. The van der Waals surface area contributed by atoms with Gasteiger partial charge < -0.3 is 5.11 Å². The van der Waals surface area contributed by atoms with Crippen LogP contribution in [0, 0.1) is 0 Å². The Morgan fingerprint density at radius 1 is 1.09 bits per heavy atom. The molecule has 1 aromatic heterocycles. The number of carbonyl (C=O) groups excluding carboxylic acids is 1. The monoisotopic (exact) mass is 295 g/mol. The van der Waals surface area contributed by atoms with Crippen molar-refractivity contribution in [2.45, 2.75) is 26.2 Å². The van der Waals surface area contributed by atoms with Crippen LogP contribution < -0.4 is 0 Å². The highest BCUT2D eigenvalue weighted by atomic mass is 16.3. The molecule has 2 aromatic carbocycles. The van der Waals surface area contributed by atoms with Gasteiger partial charge in [-0.2, -0.15) is 0 Å². The first-order valence-corrected chi connectivity index (χ1v) is 7.06. The molecule has 0 radical (unpaired) electrons. The molecule has 22 heavy (non-hydrogen) atoms. The highest BCUT2D eigenvalue weighted by Gasteiger charge is 2.26.